The van der Waals surface area contributed by atoms with Gasteiger partial charge in [0.25, 0.3) is 0 Å². The van der Waals surface area contributed by atoms with Crippen molar-refractivity contribution >= 4 is 28.8 Å². The Labute approximate surface area is 135 Å². The highest BCUT2D eigenvalue weighted by molar-refractivity contribution is 7.80. The van der Waals surface area contributed by atoms with E-state index in [0.717, 1.165) is 11.1 Å². The van der Waals surface area contributed by atoms with Gasteiger partial charge in [0.1, 0.15) is 17.3 Å². The number of hydrogen-bond acceptors (Lipinski definition) is 2. The molecule has 2 rings (SSSR count). The maximum absolute atomic E-state index is 6.17. The number of rotatable bonds is 5. The molecule has 0 heterocycles. The van der Waals surface area contributed by atoms with Gasteiger partial charge in [0.05, 0.1) is 5.02 Å². The van der Waals surface area contributed by atoms with Gasteiger partial charge in [0, 0.05) is 5.56 Å². The maximum atomic E-state index is 6.17. The largest absolute Gasteiger partial charge is 0.487 e. The lowest BCUT2D eigenvalue weighted by Crippen LogP contribution is -2.09. The molecule has 0 amide bonds. The van der Waals surface area contributed by atoms with Crippen molar-refractivity contribution in [3.63, 3.8) is 0 Å². The average Bonchev–Trinajstić information content (AvgIpc) is 2.46. The fraction of sp³-hybridized carbons (Fsp3) is 0.235. The molecule has 0 unspecified atom stereocenters. The molecular formula is C17H18ClNOS. The zero-order chi connectivity index (χ0) is 15.4. The predicted molar refractivity (Wildman–Crippen MR) is 92.2 cm³/mol. The summed E-state index contributed by atoms with van der Waals surface area (Å²) >= 11 is 11.1. The number of benzene rings is 2. The number of thiocarbonyl (C=S) groups is 1. The van der Waals surface area contributed by atoms with Crippen molar-refractivity contribution in [2.75, 3.05) is 0 Å². The summed E-state index contributed by atoms with van der Waals surface area (Å²) in [5.41, 5.74) is 8.73. The standard InChI is InChI=1S/C17H18ClNOS/c1-11(2)13-5-3-12(4-6-13)10-20-16-8-7-14(17(19)21)9-15(16)18/h3-9,11H,10H2,1-2H3,(H2,19,21). The van der Waals surface area contributed by atoms with Crippen LogP contribution in [0, 0.1) is 0 Å². The summed E-state index contributed by atoms with van der Waals surface area (Å²) in [6.45, 7) is 4.83. The second kappa shape index (κ2) is 6.92. The van der Waals surface area contributed by atoms with Gasteiger partial charge in [-0.1, -0.05) is 61.9 Å². The van der Waals surface area contributed by atoms with Crippen LogP contribution >= 0.6 is 23.8 Å². The predicted octanol–water partition coefficient (Wildman–Crippen LogP) is 4.68. The second-order valence-electron chi connectivity index (χ2n) is 5.19. The first-order valence-electron chi connectivity index (χ1n) is 6.78. The first kappa shape index (κ1) is 15.8. The van der Waals surface area contributed by atoms with E-state index in [4.69, 9.17) is 34.3 Å². The maximum Gasteiger partial charge on any atom is 0.138 e. The first-order chi connectivity index (χ1) is 9.97. The monoisotopic (exact) mass is 319 g/mol. The Balaban J connectivity index is 2.04. The van der Waals surface area contributed by atoms with Gasteiger partial charge in [-0.25, -0.2) is 0 Å². The molecule has 0 radical (unpaired) electrons. The van der Waals surface area contributed by atoms with Gasteiger partial charge >= 0.3 is 0 Å². The van der Waals surface area contributed by atoms with Crippen molar-refractivity contribution in [2.45, 2.75) is 26.4 Å². The quantitative estimate of drug-likeness (QED) is 0.813. The lowest BCUT2D eigenvalue weighted by atomic mass is 10.0. The summed E-state index contributed by atoms with van der Waals surface area (Å²) < 4.78 is 5.74. The average molecular weight is 320 g/mol. The van der Waals surface area contributed by atoms with Crippen molar-refractivity contribution in [3.8, 4) is 5.75 Å². The number of halogens is 1. The molecule has 2 aromatic rings. The number of ether oxygens (including phenoxy) is 1. The molecule has 0 spiro atoms. The Kier molecular flexibility index (Phi) is 5.21. The van der Waals surface area contributed by atoms with Crippen LogP contribution in [0.15, 0.2) is 42.5 Å². The van der Waals surface area contributed by atoms with Crippen LogP contribution in [-0.2, 0) is 6.61 Å². The molecule has 0 atom stereocenters. The lowest BCUT2D eigenvalue weighted by molar-refractivity contribution is 0.306. The molecule has 0 aliphatic carbocycles. The third-order valence-electron chi connectivity index (χ3n) is 3.26. The van der Waals surface area contributed by atoms with Crippen LogP contribution in [0.3, 0.4) is 0 Å². The normalized spacial score (nSPS) is 10.7. The third kappa shape index (κ3) is 4.19. The van der Waals surface area contributed by atoms with Gasteiger partial charge in [-0.15, -0.1) is 0 Å². The van der Waals surface area contributed by atoms with Crippen molar-refractivity contribution in [1.82, 2.24) is 0 Å². The fourth-order valence-corrected chi connectivity index (χ4v) is 2.29. The van der Waals surface area contributed by atoms with Crippen molar-refractivity contribution < 1.29 is 4.74 Å². The molecule has 0 bridgehead atoms. The zero-order valence-electron chi connectivity index (χ0n) is 12.1. The molecule has 2 aromatic carbocycles. The topological polar surface area (TPSA) is 35.2 Å². The minimum Gasteiger partial charge on any atom is -0.487 e. The van der Waals surface area contributed by atoms with Crippen LogP contribution in [0.5, 0.6) is 5.75 Å². The van der Waals surface area contributed by atoms with Gasteiger partial charge < -0.3 is 10.5 Å². The number of nitrogens with two attached hydrogens (primary N) is 1. The highest BCUT2D eigenvalue weighted by atomic mass is 35.5. The van der Waals surface area contributed by atoms with E-state index in [0.29, 0.717) is 28.3 Å². The fourth-order valence-electron chi connectivity index (χ4n) is 1.93. The van der Waals surface area contributed by atoms with Gasteiger partial charge in [-0.2, -0.15) is 0 Å². The van der Waals surface area contributed by atoms with Crippen LogP contribution in [0.4, 0.5) is 0 Å². The first-order valence-corrected chi connectivity index (χ1v) is 7.57. The van der Waals surface area contributed by atoms with Gasteiger partial charge in [0.15, 0.2) is 0 Å². The van der Waals surface area contributed by atoms with Crippen molar-refractivity contribution in [3.05, 3.63) is 64.2 Å². The molecule has 0 fully saturated rings. The number of hydrogen-bond donors (Lipinski definition) is 1. The molecule has 0 aromatic heterocycles. The molecular weight excluding hydrogens is 302 g/mol. The molecule has 2 nitrogen and oxygen atoms in total. The van der Waals surface area contributed by atoms with Crippen LogP contribution in [0.1, 0.15) is 36.5 Å². The molecule has 0 saturated heterocycles. The highest BCUT2D eigenvalue weighted by Gasteiger charge is 2.05. The van der Waals surface area contributed by atoms with Crippen molar-refractivity contribution in [2.24, 2.45) is 5.73 Å². The van der Waals surface area contributed by atoms with E-state index in [2.05, 4.69) is 38.1 Å². The molecule has 0 aliphatic rings. The Bertz CT molecular complexity index is 638. The molecule has 2 N–H and O–H groups in total. The van der Waals surface area contributed by atoms with Crippen LogP contribution in [0.2, 0.25) is 5.02 Å². The lowest BCUT2D eigenvalue weighted by Gasteiger charge is -2.10. The summed E-state index contributed by atoms with van der Waals surface area (Å²) in [5.74, 6) is 1.16. The van der Waals surface area contributed by atoms with E-state index in [1.807, 2.05) is 6.07 Å². The van der Waals surface area contributed by atoms with Crippen LogP contribution < -0.4 is 10.5 Å². The molecule has 4 heteroatoms. The summed E-state index contributed by atoms with van der Waals surface area (Å²) in [6, 6.07) is 13.7. The third-order valence-corrected chi connectivity index (χ3v) is 3.79. The molecule has 0 saturated carbocycles. The van der Waals surface area contributed by atoms with E-state index < -0.39 is 0 Å². The van der Waals surface area contributed by atoms with E-state index in [-0.39, 0.29) is 0 Å². The molecule has 21 heavy (non-hydrogen) atoms. The van der Waals surface area contributed by atoms with Crippen molar-refractivity contribution in [1.29, 1.82) is 0 Å². The Morgan fingerprint density at radius 2 is 1.86 bits per heavy atom. The zero-order valence-corrected chi connectivity index (χ0v) is 13.7. The van der Waals surface area contributed by atoms with E-state index in [1.54, 1.807) is 12.1 Å². The molecule has 0 aliphatic heterocycles. The molecule has 110 valence electrons. The minimum atomic E-state index is 0.327. The van der Waals surface area contributed by atoms with E-state index >= 15 is 0 Å². The van der Waals surface area contributed by atoms with Gasteiger partial charge in [-0.3, -0.25) is 0 Å². The van der Waals surface area contributed by atoms with Gasteiger partial charge in [-0.05, 0) is 35.2 Å². The Morgan fingerprint density at radius 3 is 2.38 bits per heavy atom. The van der Waals surface area contributed by atoms with E-state index in [1.165, 1.54) is 5.56 Å². The SMILES string of the molecule is CC(C)c1ccc(COc2ccc(C(N)=S)cc2Cl)cc1. The Morgan fingerprint density at radius 1 is 1.19 bits per heavy atom. The van der Waals surface area contributed by atoms with Crippen LogP contribution in [0.25, 0.3) is 0 Å². The summed E-state index contributed by atoms with van der Waals surface area (Å²) in [5, 5.41) is 0.513. The second-order valence-corrected chi connectivity index (χ2v) is 6.04. The van der Waals surface area contributed by atoms with Crippen LogP contribution in [-0.4, -0.2) is 4.99 Å². The summed E-state index contributed by atoms with van der Waals surface area (Å²) in [4.78, 5) is 0.327. The highest BCUT2D eigenvalue weighted by Crippen LogP contribution is 2.26. The van der Waals surface area contributed by atoms with Gasteiger partial charge in [0.2, 0.25) is 0 Å². The minimum absolute atomic E-state index is 0.327. The Hall–Kier alpha value is -1.58. The summed E-state index contributed by atoms with van der Waals surface area (Å²) in [6.07, 6.45) is 0. The summed E-state index contributed by atoms with van der Waals surface area (Å²) in [7, 11) is 0. The van der Waals surface area contributed by atoms with E-state index in [9.17, 15) is 0 Å². The smallest absolute Gasteiger partial charge is 0.138 e.